The summed E-state index contributed by atoms with van der Waals surface area (Å²) in [5.74, 6) is 0.893. The molecule has 4 rings (SSSR count). The lowest BCUT2D eigenvalue weighted by atomic mass is 10.1. The van der Waals surface area contributed by atoms with Gasteiger partial charge in [-0.3, -0.25) is 9.59 Å². The number of aromatic nitrogens is 1. The van der Waals surface area contributed by atoms with Crippen LogP contribution in [0.2, 0.25) is 0 Å². The van der Waals surface area contributed by atoms with E-state index < -0.39 is 0 Å². The van der Waals surface area contributed by atoms with E-state index in [9.17, 15) is 9.59 Å². The minimum Gasteiger partial charge on any atom is -0.486 e. The fourth-order valence-electron chi connectivity index (χ4n) is 2.71. The van der Waals surface area contributed by atoms with E-state index >= 15 is 0 Å². The van der Waals surface area contributed by atoms with E-state index in [0.717, 1.165) is 0 Å². The second-order valence-electron chi connectivity index (χ2n) is 5.41. The van der Waals surface area contributed by atoms with Crippen LogP contribution in [-0.2, 0) is 0 Å². The molecule has 0 saturated heterocycles. The lowest BCUT2D eigenvalue weighted by Gasteiger charge is -2.19. The largest absolute Gasteiger partial charge is 0.486 e. The fraction of sp³-hybridized carbons (Fsp3) is 0.111. The summed E-state index contributed by atoms with van der Waals surface area (Å²) in [5, 5.41) is 3.49. The lowest BCUT2D eigenvalue weighted by molar-refractivity contribution is 0.102. The molecular weight excluding hydrogens is 308 g/mol. The second-order valence-corrected chi connectivity index (χ2v) is 5.41. The van der Waals surface area contributed by atoms with Crippen molar-refractivity contribution in [3.8, 4) is 11.5 Å². The topological polar surface area (TPSA) is 80.4 Å². The average Bonchev–Trinajstić information content (AvgIpc) is 2.60. The maximum absolute atomic E-state index is 12.6. The van der Waals surface area contributed by atoms with E-state index in [4.69, 9.17) is 9.47 Å². The molecule has 24 heavy (non-hydrogen) atoms. The van der Waals surface area contributed by atoms with Crippen LogP contribution in [0.1, 0.15) is 10.4 Å². The summed E-state index contributed by atoms with van der Waals surface area (Å²) < 4.78 is 11.0. The summed E-state index contributed by atoms with van der Waals surface area (Å²) in [5.41, 5.74) is 1.20. The van der Waals surface area contributed by atoms with E-state index in [0.29, 0.717) is 46.9 Å². The first-order valence-corrected chi connectivity index (χ1v) is 7.54. The Labute approximate surface area is 137 Å². The molecule has 2 aromatic carbocycles. The van der Waals surface area contributed by atoms with Crippen molar-refractivity contribution in [3.05, 3.63) is 64.4 Å². The molecule has 2 heterocycles. The Kier molecular flexibility index (Phi) is 3.42. The summed E-state index contributed by atoms with van der Waals surface area (Å²) in [7, 11) is 0. The number of pyridine rings is 1. The highest BCUT2D eigenvalue weighted by Gasteiger charge is 2.15. The average molecular weight is 322 g/mol. The van der Waals surface area contributed by atoms with Crippen molar-refractivity contribution in [3.63, 3.8) is 0 Å². The predicted octanol–water partition coefficient (Wildman–Crippen LogP) is 2.55. The van der Waals surface area contributed by atoms with E-state index in [1.165, 1.54) is 6.07 Å². The van der Waals surface area contributed by atoms with Gasteiger partial charge in [-0.15, -0.1) is 0 Å². The maximum atomic E-state index is 12.6. The Balaban J connectivity index is 1.69. The number of benzene rings is 2. The molecule has 0 bridgehead atoms. The molecule has 1 aliphatic heterocycles. The number of H-pyrrole nitrogens is 1. The molecule has 6 heteroatoms. The molecule has 1 aliphatic rings. The van der Waals surface area contributed by atoms with Gasteiger partial charge in [-0.25, -0.2) is 0 Å². The molecular formula is C18H14N2O4. The van der Waals surface area contributed by atoms with Crippen molar-refractivity contribution < 1.29 is 14.3 Å². The van der Waals surface area contributed by atoms with E-state index in [2.05, 4.69) is 10.3 Å². The van der Waals surface area contributed by atoms with Gasteiger partial charge in [0.2, 0.25) is 5.56 Å². The number of para-hydroxylation sites is 1. The molecule has 2 N–H and O–H groups in total. The molecule has 120 valence electrons. The molecule has 3 aromatic rings. The molecule has 0 spiro atoms. The number of ether oxygens (including phenoxy) is 2. The van der Waals surface area contributed by atoms with Gasteiger partial charge in [0, 0.05) is 28.7 Å². The van der Waals surface area contributed by atoms with Crippen LogP contribution in [0.15, 0.2) is 53.3 Å². The van der Waals surface area contributed by atoms with Gasteiger partial charge in [-0.2, -0.15) is 0 Å². The normalized spacial score (nSPS) is 12.8. The molecule has 0 saturated carbocycles. The Hall–Kier alpha value is -3.28. The molecule has 0 fully saturated rings. The molecule has 1 aromatic heterocycles. The lowest BCUT2D eigenvalue weighted by Crippen LogP contribution is -2.18. The number of rotatable bonds is 2. The third-order valence-electron chi connectivity index (χ3n) is 3.80. The van der Waals surface area contributed by atoms with Crippen LogP contribution < -0.4 is 20.3 Å². The van der Waals surface area contributed by atoms with Crippen LogP contribution in [-0.4, -0.2) is 24.1 Å². The molecule has 1 amide bonds. The maximum Gasteiger partial charge on any atom is 0.256 e. The van der Waals surface area contributed by atoms with Gasteiger partial charge >= 0.3 is 0 Å². The molecule has 6 nitrogen and oxygen atoms in total. The number of anilines is 1. The van der Waals surface area contributed by atoms with Gasteiger partial charge in [0.15, 0.2) is 11.5 Å². The van der Waals surface area contributed by atoms with Crippen molar-refractivity contribution >= 4 is 22.5 Å². The van der Waals surface area contributed by atoms with Crippen molar-refractivity contribution in [1.82, 2.24) is 4.98 Å². The second kappa shape index (κ2) is 5.73. The van der Waals surface area contributed by atoms with Gasteiger partial charge in [-0.1, -0.05) is 18.2 Å². The number of hydrogen-bond donors (Lipinski definition) is 2. The van der Waals surface area contributed by atoms with Gasteiger partial charge in [0.1, 0.15) is 13.2 Å². The van der Waals surface area contributed by atoms with Crippen molar-refractivity contribution in [2.45, 2.75) is 0 Å². The van der Waals surface area contributed by atoms with Crippen LogP contribution >= 0.6 is 0 Å². The first-order chi connectivity index (χ1) is 11.7. The number of nitrogens with one attached hydrogen (secondary N) is 2. The summed E-state index contributed by atoms with van der Waals surface area (Å²) in [4.78, 5) is 27.1. The molecule has 0 unspecified atom stereocenters. The highest BCUT2D eigenvalue weighted by molar-refractivity contribution is 6.12. The van der Waals surface area contributed by atoms with Crippen molar-refractivity contribution in [2.24, 2.45) is 0 Å². The van der Waals surface area contributed by atoms with Gasteiger partial charge in [0.25, 0.3) is 5.91 Å². The van der Waals surface area contributed by atoms with Gasteiger partial charge < -0.3 is 19.8 Å². The zero-order chi connectivity index (χ0) is 16.5. The highest BCUT2D eigenvalue weighted by Crippen LogP contribution is 2.32. The van der Waals surface area contributed by atoms with Crippen molar-refractivity contribution in [2.75, 3.05) is 18.5 Å². The standard InChI is InChI=1S/C18H14N2O4/c21-17-10-13(12-3-1-2-4-14(12)20-17)18(22)19-11-5-6-15-16(9-11)24-8-7-23-15/h1-6,9-10H,7-8H2,(H,19,22)(H,20,21). The first kappa shape index (κ1) is 14.3. The van der Waals surface area contributed by atoms with Gasteiger partial charge in [0.05, 0.1) is 5.56 Å². The predicted molar refractivity (Wildman–Crippen MR) is 90.0 cm³/mol. The van der Waals surface area contributed by atoms with Crippen LogP contribution in [0.5, 0.6) is 11.5 Å². The number of fused-ring (bicyclic) bond motifs is 2. The van der Waals surface area contributed by atoms with Crippen LogP contribution in [0, 0.1) is 0 Å². The number of carbonyl (C=O) groups is 1. The summed E-state index contributed by atoms with van der Waals surface area (Å²) >= 11 is 0. The zero-order valence-corrected chi connectivity index (χ0v) is 12.7. The Bertz CT molecular complexity index is 994. The number of carbonyl (C=O) groups excluding carboxylic acids is 1. The smallest absolute Gasteiger partial charge is 0.256 e. The summed E-state index contributed by atoms with van der Waals surface area (Å²) in [6.07, 6.45) is 0. The fourth-order valence-corrected chi connectivity index (χ4v) is 2.71. The van der Waals surface area contributed by atoms with Gasteiger partial charge in [-0.05, 0) is 18.2 Å². The Morgan fingerprint density at radius 1 is 1.00 bits per heavy atom. The molecule has 0 atom stereocenters. The summed E-state index contributed by atoms with van der Waals surface area (Å²) in [6, 6.07) is 13.7. The number of amides is 1. The first-order valence-electron chi connectivity index (χ1n) is 7.54. The molecule has 0 radical (unpaired) electrons. The SMILES string of the molecule is O=C(Nc1ccc2c(c1)OCCO2)c1cc(=O)[nH]c2ccccc12. The van der Waals surface area contributed by atoms with Crippen LogP contribution in [0.3, 0.4) is 0 Å². The minimum atomic E-state index is -0.353. The summed E-state index contributed by atoms with van der Waals surface area (Å²) in [6.45, 7) is 0.987. The van der Waals surface area contributed by atoms with Crippen molar-refractivity contribution in [1.29, 1.82) is 0 Å². The third-order valence-corrected chi connectivity index (χ3v) is 3.80. The number of hydrogen-bond acceptors (Lipinski definition) is 4. The monoisotopic (exact) mass is 322 g/mol. The highest BCUT2D eigenvalue weighted by atomic mass is 16.6. The van der Waals surface area contributed by atoms with Crippen LogP contribution in [0.25, 0.3) is 10.9 Å². The van der Waals surface area contributed by atoms with E-state index in [1.807, 2.05) is 6.07 Å². The third kappa shape index (κ3) is 2.58. The number of aromatic amines is 1. The Morgan fingerprint density at radius 2 is 1.79 bits per heavy atom. The van der Waals surface area contributed by atoms with E-state index in [-0.39, 0.29) is 11.5 Å². The zero-order valence-electron chi connectivity index (χ0n) is 12.7. The van der Waals surface area contributed by atoms with Crippen LogP contribution in [0.4, 0.5) is 5.69 Å². The molecule has 0 aliphatic carbocycles. The minimum absolute atomic E-state index is 0.318. The quantitative estimate of drug-likeness (QED) is 0.760. The van der Waals surface area contributed by atoms with E-state index in [1.54, 1.807) is 36.4 Å². The Morgan fingerprint density at radius 3 is 2.67 bits per heavy atom.